The molecule has 102 valence electrons. The van der Waals surface area contributed by atoms with Gasteiger partial charge in [0.05, 0.1) is 0 Å². The highest BCUT2D eigenvalue weighted by molar-refractivity contribution is 5.27. The molecule has 0 radical (unpaired) electrons. The van der Waals surface area contributed by atoms with E-state index in [1.165, 1.54) is 12.1 Å². The maximum Gasteiger partial charge on any atom is 0.128 e. The van der Waals surface area contributed by atoms with Crippen LogP contribution in [0.3, 0.4) is 0 Å². The molecule has 2 nitrogen and oxygen atoms in total. The number of hydrogen-bond acceptors (Lipinski definition) is 2. The first kappa shape index (κ1) is 15.1. The molecule has 1 aromatic rings. The summed E-state index contributed by atoms with van der Waals surface area (Å²) in [7, 11) is 0. The number of benzene rings is 1. The van der Waals surface area contributed by atoms with Crippen molar-refractivity contribution in [2.45, 2.75) is 45.7 Å². The summed E-state index contributed by atoms with van der Waals surface area (Å²) in [6, 6.07) is 2.37. The minimum Gasteiger partial charge on any atom is -0.396 e. The van der Waals surface area contributed by atoms with Crippen molar-refractivity contribution in [1.82, 2.24) is 5.32 Å². The molecule has 0 aliphatic heterocycles. The highest BCUT2D eigenvalue weighted by Crippen LogP contribution is 2.21. The van der Waals surface area contributed by atoms with E-state index >= 15 is 0 Å². The molecule has 2 N–H and O–H groups in total. The molecule has 0 fully saturated rings. The van der Waals surface area contributed by atoms with Crippen LogP contribution in [0.25, 0.3) is 0 Å². The number of aliphatic hydroxyl groups is 1. The zero-order chi connectivity index (χ0) is 13.7. The predicted molar refractivity (Wildman–Crippen MR) is 68.4 cm³/mol. The van der Waals surface area contributed by atoms with Gasteiger partial charge in [0, 0.05) is 24.3 Å². The van der Waals surface area contributed by atoms with E-state index in [1.807, 2.05) is 13.8 Å². The third-order valence-corrected chi connectivity index (χ3v) is 3.07. The fraction of sp³-hybridized carbons (Fsp3) is 0.571. The Morgan fingerprint density at radius 1 is 1.22 bits per heavy atom. The van der Waals surface area contributed by atoms with E-state index in [0.717, 1.165) is 6.42 Å². The second kappa shape index (κ2) is 6.81. The maximum absolute atomic E-state index is 13.7. The third-order valence-electron chi connectivity index (χ3n) is 3.07. The van der Waals surface area contributed by atoms with E-state index in [4.69, 9.17) is 5.11 Å². The fourth-order valence-corrected chi connectivity index (χ4v) is 1.99. The Bertz CT molecular complexity index is 396. The molecule has 4 heteroatoms. The Morgan fingerprint density at radius 2 is 1.89 bits per heavy atom. The molecule has 1 aromatic carbocycles. The van der Waals surface area contributed by atoms with Gasteiger partial charge >= 0.3 is 0 Å². The normalized spacial score (nSPS) is 14.6. The lowest BCUT2D eigenvalue weighted by atomic mass is 10.0. The van der Waals surface area contributed by atoms with Gasteiger partial charge in [-0.25, -0.2) is 8.78 Å². The van der Waals surface area contributed by atoms with E-state index in [1.54, 1.807) is 6.92 Å². The number of nitrogens with one attached hydrogen (secondary N) is 1. The molecule has 0 aromatic heterocycles. The van der Waals surface area contributed by atoms with Gasteiger partial charge in [-0.05, 0) is 51.3 Å². The van der Waals surface area contributed by atoms with Crippen LogP contribution < -0.4 is 5.32 Å². The number of hydrogen-bond donors (Lipinski definition) is 2. The molecule has 0 saturated heterocycles. The highest BCUT2D eigenvalue weighted by atomic mass is 19.1. The molecule has 2 atom stereocenters. The second-order valence-electron chi connectivity index (χ2n) is 4.78. The van der Waals surface area contributed by atoms with Gasteiger partial charge in [-0.2, -0.15) is 0 Å². The Kier molecular flexibility index (Phi) is 5.69. The van der Waals surface area contributed by atoms with E-state index < -0.39 is 0 Å². The van der Waals surface area contributed by atoms with Crippen LogP contribution in [0.15, 0.2) is 12.1 Å². The lowest BCUT2D eigenvalue weighted by Gasteiger charge is -2.21. The summed E-state index contributed by atoms with van der Waals surface area (Å²) in [6.45, 7) is 5.47. The van der Waals surface area contributed by atoms with Gasteiger partial charge in [0.15, 0.2) is 0 Å². The monoisotopic (exact) mass is 257 g/mol. The van der Waals surface area contributed by atoms with Crippen LogP contribution in [0.5, 0.6) is 0 Å². The fourth-order valence-electron chi connectivity index (χ4n) is 1.99. The van der Waals surface area contributed by atoms with E-state index in [2.05, 4.69) is 5.32 Å². The van der Waals surface area contributed by atoms with Crippen molar-refractivity contribution >= 4 is 0 Å². The Morgan fingerprint density at radius 3 is 2.50 bits per heavy atom. The van der Waals surface area contributed by atoms with E-state index in [0.29, 0.717) is 17.5 Å². The van der Waals surface area contributed by atoms with E-state index in [9.17, 15) is 8.78 Å². The number of halogens is 2. The van der Waals surface area contributed by atoms with Crippen molar-refractivity contribution in [3.05, 3.63) is 34.9 Å². The van der Waals surface area contributed by atoms with Crippen molar-refractivity contribution in [2.75, 3.05) is 6.61 Å². The third kappa shape index (κ3) is 4.03. The van der Waals surface area contributed by atoms with Gasteiger partial charge < -0.3 is 10.4 Å². The van der Waals surface area contributed by atoms with E-state index in [-0.39, 0.29) is 30.3 Å². The van der Waals surface area contributed by atoms with Crippen LogP contribution >= 0.6 is 0 Å². The van der Waals surface area contributed by atoms with Crippen LogP contribution in [-0.4, -0.2) is 17.8 Å². The molecule has 0 heterocycles. The van der Waals surface area contributed by atoms with Gasteiger partial charge in [-0.1, -0.05) is 0 Å². The number of aliphatic hydroxyl groups excluding tert-OH is 1. The minimum atomic E-state index is -0.386. The average molecular weight is 257 g/mol. The molecule has 0 spiro atoms. The zero-order valence-electron chi connectivity index (χ0n) is 11.1. The molecule has 1 rings (SSSR count). The van der Waals surface area contributed by atoms with Crippen LogP contribution in [-0.2, 0) is 0 Å². The van der Waals surface area contributed by atoms with Gasteiger partial charge in [0.1, 0.15) is 11.6 Å². The molecule has 0 saturated carbocycles. The summed E-state index contributed by atoms with van der Waals surface area (Å²) in [4.78, 5) is 0. The first-order valence-corrected chi connectivity index (χ1v) is 6.28. The van der Waals surface area contributed by atoms with Crippen LogP contribution in [0.4, 0.5) is 8.78 Å². The molecule has 2 unspecified atom stereocenters. The van der Waals surface area contributed by atoms with Crippen molar-refractivity contribution in [1.29, 1.82) is 0 Å². The lowest BCUT2D eigenvalue weighted by Crippen LogP contribution is -2.29. The Hall–Kier alpha value is -1.00. The Labute approximate surface area is 107 Å². The molecule has 0 aliphatic carbocycles. The first-order valence-electron chi connectivity index (χ1n) is 6.28. The summed E-state index contributed by atoms with van der Waals surface area (Å²) >= 11 is 0. The molecule has 0 amide bonds. The molecule has 18 heavy (non-hydrogen) atoms. The maximum atomic E-state index is 13.7. The summed E-state index contributed by atoms with van der Waals surface area (Å²) in [6.07, 6.45) is 1.50. The molecular formula is C14H21F2NO. The second-order valence-corrected chi connectivity index (χ2v) is 4.78. The average Bonchev–Trinajstić information content (AvgIpc) is 2.31. The first-order chi connectivity index (χ1) is 8.45. The molecular weight excluding hydrogens is 236 g/mol. The zero-order valence-corrected chi connectivity index (χ0v) is 11.1. The summed E-state index contributed by atoms with van der Waals surface area (Å²) in [5.74, 6) is -0.772. The Balaban J connectivity index is 2.72. The van der Waals surface area contributed by atoms with Gasteiger partial charge in [0.25, 0.3) is 0 Å². The van der Waals surface area contributed by atoms with Crippen molar-refractivity contribution in [2.24, 2.45) is 0 Å². The number of rotatable bonds is 6. The highest BCUT2D eigenvalue weighted by Gasteiger charge is 2.15. The van der Waals surface area contributed by atoms with Crippen molar-refractivity contribution in [3.8, 4) is 0 Å². The van der Waals surface area contributed by atoms with Gasteiger partial charge in [-0.3, -0.25) is 0 Å². The van der Waals surface area contributed by atoms with Gasteiger partial charge in [-0.15, -0.1) is 0 Å². The topological polar surface area (TPSA) is 32.3 Å². The summed E-state index contributed by atoms with van der Waals surface area (Å²) in [5, 5.41) is 11.9. The predicted octanol–water partition coefficient (Wildman–Crippen LogP) is 3.08. The van der Waals surface area contributed by atoms with Crippen molar-refractivity contribution < 1.29 is 13.9 Å². The number of aryl methyl sites for hydroxylation is 1. The molecule has 0 bridgehead atoms. The minimum absolute atomic E-state index is 0.147. The van der Waals surface area contributed by atoms with Crippen molar-refractivity contribution in [3.63, 3.8) is 0 Å². The smallest absolute Gasteiger partial charge is 0.128 e. The molecule has 0 aliphatic rings. The summed E-state index contributed by atoms with van der Waals surface area (Å²) in [5.41, 5.74) is 0.658. The van der Waals surface area contributed by atoms with Crippen LogP contribution in [0.2, 0.25) is 0 Å². The van der Waals surface area contributed by atoms with Gasteiger partial charge in [0.2, 0.25) is 0 Å². The van der Waals surface area contributed by atoms with Crippen LogP contribution in [0, 0.1) is 18.6 Å². The lowest BCUT2D eigenvalue weighted by molar-refractivity contribution is 0.274. The quantitative estimate of drug-likeness (QED) is 0.820. The van der Waals surface area contributed by atoms with Crippen LogP contribution in [0.1, 0.15) is 43.9 Å². The standard InChI is InChI=1S/C14H21F2NO/c1-9-7-14(16)12(8-13(9)15)11(3)17-10(2)5-4-6-18/h7-8,10-11,17-18H,4-6H2,1-3H3. The largest absolute Gasteiger partial charge is 0.396 e. The SMILES string of the molecule is Cc1cc(F)c(C(C)NC(C)CCCO)cc1F. The summed E-state index contributed by atoms with van der Waals surface area (Å²) < 4.78 is 27.2.